The molecule has 0 bridgehead atoms. The van der Waals surface area contributed by atoms with Crippen molar-refractivity contribution in [2.24, 2.45) is 0 Å². The van der Waals surface area contributed by atoms with E-state index in [1.807, 2.05) is 0 Å². The van der Waals surface area contributed by atoms with Gasteiger partial charge in [0.1, 0.15) is 5.75 Å². The average Bonchev–Trinajstić information content (AvgIpc) is 2.39. The molecule has 104 valence electrons. The van der Waals surface area contributed by atoms with Crippen LogP contribution in [0.3, 0.4) is 0 Å². The Labute approximate surface area is 120 Å². The van der Waals surface area contributed by atoms with Crippen molar-refractivity contribution in [3.63, 3.8) is 0 Å². The number of nitro groups is 1. The van der Waals surface area contributed by atoms with E-state index >= 15 is 0 Å². The summed E-state index contributed by atoms with van der Waals surface area (Å²) in [5, 5.41) is 20.7. The maximum absolute atomic E-state index is 10.9. The van der Waals surface area contributed by atoms with Gasteiger partial charge >= 0.3 is 5.69 Å². The first-order valence-electron chi connectivity index (χ1n) is 5.87. The predicted octanol–water partition coefficient (Wildman–Crippen LogP) is 4.09. The molecule has 0 heterocycles. The number of aliphatic hydroxyl groups is 1. The van der Waals surface area contributed by atoms with Gasteiger partial charge in [-0.05, 0) is 30.7 Å². The molecule has 0 amide bonds. The lowest BCUT2D eigenvalue weighted by Gasteiger charge is -2.08. The predicted molar refractivity (Wildman–Crippen MR) is 75.3 cm³/mol. The summed E-state index contributed by atoms with van der Waals surface area (Å²) < 4.78 is 5.48. The van der Waals surface area contributed by atoms with Crippen LogP contribution < -0.4 is 4.74 Å². The van der Waals surface area contributed by atoms with Crippen LogP contribution in [0.4, 0.5) is 5.69 Å². The molecule has 1 unspecified atom stereocenters. The van der Waals surface area contributed by atoms with Crippen molar-refractivity contribution in [3.8, 4) is 11.5 Å². The number of ether oxygens (including phenoxy) is 1. The fourth-order valence-electron chi connectivity index (χ4n) is 1.66. The highest BCUT2D eigenvalue weighted by Gasteiger charge is 2.16. The SMILES string of the molecule is CC(O)c1ccc(Oc2cc(Cl)ccc2[N+](=O)[O-])cc1. The molecule has 0 radical (unpaired) electrons. The zero-order chi connectivity index (χ0) is 14.7. The molecular weight excluding hydrogens is 282 g/mol. The average molecular weight is 294 g/mol. The van der Waals surface area contributed by atoms with E-state index in [4.69, 9.17) is 16.3 Å². The Morgan fingerprint density at radius 1 is 1.25 bits per heavy atom. The summed E-state index contributed by atoms with van der Waals surface area (Å²) in [6.45, 7) is 1.65. The molecule has 0 saturated heterocycles. The largest absolute Gasteiger partial charge is 0.450 e. The maximum Gasteiger partial charge on any atom is 0.311 e. The Hall–Kier alpha value is -2.11. The van der Waals surface area contributed by atoms with Gasteiger partial charge in [0.05, 0.1) is 11.0 Å². The second-order valence-electron chi connectivity index (χ2n) is 4.22. The Morgan fingerprint density at radius 3 is 2.45 bits per heavy atom. The third kappa shape index (κ3) is 3.26. The Kier molecular flexibility index (Phi) is 4.22. The molecule has 2 rings (SSSR count). The van der Waals surface area contributed by atoms with E-state index in [1.54, 1.807) is 31.2 Å². The van der Waals surface area contributed by atoms with Gasteiger partial charge < -0.3 is 9.84 Å². The summed E-state index contributed by atoms with van der Waals surface area (Å²) in [5.41, 5.74) is 0.576. The monoisotopic (exact) mass is 293 g/mol. The van der Waals surface area contributed by atoms with E-state index in [0.29, 0.717) is 10.8 Å². The van der Waals surface area contributed by atoms with Crippen LogP contribution >= 0.6 is 11.6 Å². The lowest BCUT2D eigenvalue weighted by Crippen LogP contribution is -1.94. The zero-order valence-electron chi connectivity index (χ0n) is 10.6. The summed E-state index contributed by atoms with van der Waals surface area (Å²) in [6.07, 6.45) is -0.579. The van der Waals surface area contributed by atoms with Crippen LogP contribution in [0.5, 0.6) is 11.5 Å². The lowest BCUT2D eigenvalue weighted by molar-refractivity contribution is -0.385. The first-order chi connectivity index (χ1) is 9.47. The second-order valence-corrected chi connectivity index (χ2v) is 4.65. The molecule has 0 aromatic heterocycles. The first-order valence-corrected chi connectivity index (χ1v) is 6.25. The quantitative estimate of drug-likeness (QED) is 0.680. The van der Waals surface area contributed by atoms with Crippen LogP contribution in [0.15, 0.2) is 42.5 Å². The van der Waals surface area contributed by atoms with Crippen LogP contribution in [0, 0.1) is 10.1 Å². The summed E-state index contributed by atoms with van der Waals surface area (Å²) >= 11 is 5.82. The second kappa shape index (κ2) is 5.90. The summed E-state index contributed by atoms with van der Waals surface area (Å²) in [7, 11) is 0. The van der Waals surface area contributed by atoms with Crippen molar-refractivity contribution < 1.29 is 14.8 Å². The molecule has 1 atom stereocenters. The number of hydrogen-bond donors (Lipinski definition) is 1. The Morgan fingerprint density at radius 2 is 1.90 bits per heavy atom. The number of nitro benzene ring substituents is 1. The number of hydrogen-bond acceptors (Lipinski definition) is 4. The van der Waals surface area contributed by atoms with Crippen molar-refractivity contribution in [2.75, 3.05) is 0 Å². The number of nitrogens with zero attached hydrogens (tertiary/aromatic N) is 1. The normalized spacial score (nSPS) is 11.9. The summed E-state index contributed by atoms with van der Waals surface area (Å²) in [6, 6.07) is 10.8. The van der Waals surface area contributed by atoms with Crippen molar-refractivity contribution in [3.05, 3.63) is 63.2 Å². The van der Waals surface area contributed by atoms with Gasteiger partial charge in [-0.1, -0.05) is 23.7 Å². The molecule has 0 aliphatic heterocycles. The van der Waals surface area contributed by atoms with E-state index in [-0.39, 0.29) is 11.4 Å². The minimum Gasteiger partial charge on any atom is -0.450 e. The fourth-order valence-corrected chi connectivity index (χ4v) is 1.82. The summed E-state index contributed by atoms with van der Waals surface area (Å²) in [5.74, 6) is 0.507. The van der Waals surface area contributed by atoms with Gasteiger partial charge in [-0.3, -0.25) is 10.1 Å². The van der Waals surface area contributed by atoms with E-state index in [9.17, 15) is 15.2 Å². The molecular formula is C14H12ClNO4. The minimum atomic E-state index is -0.579. The molecule has 2 aromatic carbocycles. The van der Waals surface area contributed by atoms with Gasteiger partial charge in [0.15, 0.2) is 0 Å². The molecule has 0 saturated carbocycles. The third-order valence-electron chi connectivity index (χ3n) is 2.71. The van der Waals surface area contributed by atoms with Crippen molar-refractivity contribution in [1.29, 1.82) is 0 Å². The van der Waals surface area contributed by atoms with Gasteiger partial charge in [0.2, 0.25) is 5.75 Å². The molecule has 0 fully saturated rings. The van der Waals surface area contributed by atoms with Crippen molar-refractivity contribution >= 4 is 17.3 Å². The fraction of sp³-hybridized carbons (Fsp3) is 0.143. The number of rotatable bonds is 4. The van der Waals surface area contributed by atoms with Gasteiger partial charge in [0, 0.05) is 17.2 Å². The molecule has 1 N–H and O–H groups in total. The lowest BCUT2D eigenvalue weighted by atomic mass is 10.1. The topological polar surface area (TPSA) is 72.6 Å². The first kappa shape index (κ1) is 14.3. The molecule has 5 nitrogen and oxygen atoms in total. The Balaban J connectivity index is 2.29. The molecule has 0 aliphatic rings. The molecule has 6 heteroatoms. The van der Waals surface area contributed by atoms with Crippen molar-refractivity contribution in [1.82, 2.24) is 0 Å². The third-order valence-corrected chi connectivity index (χ3v) is 2.94. The van der Waals surface area contributed by atoms with E-state index in [2.05, 4.69) is 0 Å². The highest BCUT2D eigenvalue weighted by atomic mass is 35.5. The highest BCUT2D eigenvalue weighted by Crippen LogP contribution is 2.33. The van der Waals surface area contributed by atoms with Crippen LogP contribution in [0.25, 0.3) is 0 Å². The minimum absolute atomic E-state index is 0.0762. The van der Waals surface area contributed by atoms with Crippen molar-refractivity contribution in [2.45, 2.75) is 13.0 Å². The maximum atomic E-state index is 10.9. The standard InChI is InChI=1S/C14H12ClNO4/c1-9(17)10-2-5-12(6-3-10)20-14-8-11(15)4-7-13(14)16(18)19/h2-9,17H,1H3. The Bertz CT molecular complexity index is 626. The van der Waals surface area contributed by atoms with Crippen LogP contribution in [-0.2, 0) is 0 Å². The zero-order valence-corrected chi connectivity index (χ0v) is 11.4. The number of aliphatic hydroxyl groups excluding tert-OH is 1. The van der Waals surface area contributed by atoms with Gasteiger partial charge in [-0.2, -0.15) is 0 Å². The molecule has 2 aromatic rings. The van der Waals surface area contributed by atoms with Gasteiger partial charge in [-0.15, -0.1) is 0 Å². The molecule has 20 heavy (non-hydrogen) atoms. The van der Waals surface area contributed by atoms with Crippen LogP contribution in [0.2, 0.25) is 5.02 Å². The van der Waals surface area contributed by atoms with Crippen LogP contribution in [0.1, 0.15) is 18.6 Å². The smallest absolute Gasteiger partial charge is 0.311 e. The highest BCUT2D eigenvalue weighted by molar-refractivity contribution is 6.30. The number of halogens is 1. The van der Waals surface area contributed by atoms with Gasteiger partial charge in [-0.25, -0.2) is 0 Å². The van der Waals surface area contributed by atoms with E-state index in [0.717, 1.165) is 5.56 Å². The van der Waals surface area contributed by atoms with E-state index in [1.165, 1.54) is 18.2 Å². The number of benzene rings is 2. The molecule has 0 spiro atoms. The van der Waals surface area contributed by atoms with Gasteiger partial charge in [0.25, 0.3) is 0 Å². The molecule has 0 aliphatic carbocycles. The van der Waals surface area contributed by atoms with Crippen LogP contribution in [-0.4, -0.2) is 10.0 Å². The summed E-state index contributed by atoms with van der Waals surface area (Å²) in [4.78, 5) is 10.4. The van der Waals surface area contributed by atoms with E-state index < -0.39 is 11.0 Å².